The Labute approximate surface area is 159 Å². The number of carbonyl (C=O) groups is 2. The van der Waals surface area contributed by atoms with E-state index in [1.807, 2.05) is 6.07 Å². The van der Waals surface area contributed by atoms with Crippen molar-refractivity contribution in [1.29, 1.82) is 0 Å². The summed E-state index contributed by atoms with van der Waals surface area (Å²) in [6.45, 7) is 3.72. The number of benzene rings is 1. The summed E-state index contributed by atoms with van der Waals surface area (Å²) in [5.74, 6) is -0.157. The summed E-state index contributed by atoms with van der Waals surface area (Å²) in [6.07, 6.45) is 2.07. The molecule has 1 N–H and O–H groups in total. The minimum Gasteiger partial charge on any atom is -0.465 e. The van der Waals surface area contributed by atoms with E-state index in [9.17, 15) is 9.59 Å². The van der Waals surface area contributed by atoms with E-state index in [-0.39, 0.29) is 17.9 Å². The fourth-order valence-corrected chi connectivity index (χ4v) is 4.34. The Balaban J connectivity index is 1.35. The predicted octanol–water partition coefficient (Wildman–Crippen LogP) is 2.24. The average Bonchev–Trinajstić information content (AvgIpc) is 2.86. The molecule has 2 amide bonds. The first-order valence-electron chi connectivity index (χ1n) is 9.76. The number of likely N-dealkylation sites (tertiary alicyclic amines) is 2. The van der Waals surface area contributed by atoms with Crippen molar-refractivity contribution in [2.75, 3.05) is 26.2 Å². The molecule has 0 radical (unpaired) electrons. The van der Waals surface area contributed by atoms with Crippen LogP contribution in [-0.4, -0.2) is 69.8 Å². The molecule has 7 nitrogen and oxygen atoms in total. The largest absolute Gasteiger partial charge is 0.465 e. The monoisotopic (exact) mass is 370 g/mol. The molecular formula is C20H26N4O3. The molecular weight excluding hydrogens is 344 g/mol. The Hall–Kier alpha value is -2.41. The Bertz CT molecular complexity index is 728. The number of nitrogens with zero attached hydrogens (tertiary/aromatic N) is 4. The van der Waals surface area contributed by atoms with Gasteiger partial charge in [-0.25, -0.2) is 9.80 Å². The number of amides is 2. The van der Waals surface area contributed by atoms with Gasteiger partial charge in [0.1, 0.15) is 0 Å². The fourth-order valence-electron chi connectivity index (χ4n) is 4.34. The van der Waals surface area contributed by atoms with E-state index >= 15 is 0 Å². The molecule has 0 bridgehead atoms. The summed E-state index contributed by atoms with van der Waals surface area (Å²) < 4.78 is 0. The standard InChI is InChI=1S/C20H26N4O3/c25-19-17-8-12-23(20(26)27)13-9-18(17)21-24(19)16-6-10-22(11-7-16)14-15-4-2-1-3-5-15/h1-5,16-17H,6-14H2,(H,26,27). The van der Waals surface area contributed by atoms with Gasteiger partial charge >= 0.3 is 6.09 Å². The first-order chi connectivity index (χ1) is 13.1. The highest BCUT2D eigenvalue weighted by Crippen LogP contribution is 2.29. The number of carboxylic acid groups (broad SMARTS) is 1. The van der Waals surface area contributed by atoms with E-state index in [2.05, 4.69) is 34.3 Å². The summed E-state index contributed by atoms with van der Waals surface area (Å²) in [6, 6.07) is 10.6. The molecule has 27 heavy (non-hydrogen) atoms. The fraction of sp³-hybridized carbons (Fsp3) is 0.550. The van der Waals surface area contributed by atoms with Crippen LogP contribution in [0.3, 0.4) is 0 Å². The lowest BCUT2D eigenvalue weighted by Gasteiger charge is -2.35. The molecule has 0 saturated carbocycles. The van der Waals surface area contributed by atoms with Gasteiger partial charge in [0, 0.05) is 39.1 Å². The predicted molar refractivity (Wildman–Crippen MR) is 101 cm³/mol. The second-order valence-electron chi connectivity index (χ2n) is 7.63. The Morgan fingerprint density at radius 1 is 1.07 bits per heavy atom. The number of piperidine rings is 1. The lowest BCUT2D eigenvalue weighted by Crippen LogP contribution is -2.44. The quantitative estimate of drug-likeness (QED) is 0.885. The molecule has 3 aliphatic rings. The molecule has 3 aliphatic heterocycles. The molecule has 0 aliphatic carbocycles. The summed E-state index contributed by atoms with van der Waals surface area (Å²) in [5, 5.41) is 15.5. The van der Waals surface area contributed by atoms with Crippen LogP contribution in [0.15, 0.2) is 35.4 Å². The van der Waals surface area contributed by atoms with Crippen LogP contribution in [0.4, 0.5) is 4.79 Å². The normalized spacial score (nSPS) is 24.5. The minimum atomic E-state index is -0.911. The van der Waals surface area contributed by atoms with Gasteiger partial charge < -0.3 is 10.0 Å². The van der Waals surface area contributed by atoms with Crippen molar-refractivity contribution >= 4 is 17.7 Å². The maximum atomic E-state index is 12.9. The first-order valence-corrected chi connectivity index (χ1v) is 9.76. The molecule has 4 rings (SSSR count). The van der Waals surface area contributed by atoms with E-state index in [4.69, 9.17) is 5.11 Å². The Kier molecular flexibility index (Phi) is 5.11. The van der Waals surface area contributed by atoms with Gasteiger partial charge in [-0.3, -0.25) is 9.69 Å². The molecule has 2 fully saturated rings. The van der Waals surface area contributed by atoms with E-state index in [1.165, 1.54) is 10.5 Å². The zero-order valence-electron chi connectivity index (χ0n) is 15.5. The van der Waals surface area contributed by atoms with Crippen LogP contribution < -0.4 is 0 Å². The van der Waals surface area contributed by atoms with Gasteiger partial charge in [0.05, 0.1) is 17.7 Å². The molecule has 2 saturated heterocycles. The van der Waals surface area contributed by atoms with Crippen LogP contribution in [-0.2, 0) is 11.3 Å². The van der Waals surface area contributed by atoms with Gasteiger partial charge in [-0.05, 0) is 24.8 Å². The van der Waals surface area contributed by atoms with Gasteiger partial charge in [-0.1, -0.05) is 30.3 Å². The van der Waals surface area contributed by atoms with E-state index in [0.717, 1.165) is 38.2 Å². The molecule has 1 aromatic carbocycles. The van der Waals surface area contributed by atoms with Gasteiger partial charge in [-0.15, -0.1) is 0 Å². The smallest absolute Gasteiger partial charge is 0.407 e. The van der Waals surface area contributed by atoms with Crippen molar-refractivity contribution in [2.45, 2.75) is 38.3 Å². The Morgan fingerprint density at radius 3 is 2.52 bits per heavy atom. The zero-order valence-corrected chi connectivity index (χ0v) is 15.5. The molecule has 1 unspecified atom stereocenters. The summed E-state index contributed by atoms with van der Waals surface area (Å²) in [5.41, 5.74) is 2.19. The lowest BCUT2D eigenvalue weighted by molar-refractivity contribution is -0.135. The summed E-state index contributed by atoms with van der Waals surface area (Å²) >= 11 is 0. The van der Waals surface area contributed by atoms with Crippen molar-refractivity contribution in [3.05, 3.63) is 35.9 Å². The highest BCUT2D eigenvalue weighted by molar-refractivity contribution is 6.08. The average molecular weight is 370 g/mol. The van der Waals surface area contributed by atoms with Crippen molar-refractivity contribution in [2.24, 2.45) is 11.0 Å². The van der Waals surface area contributed by atoms with Crippen LogP contribution in [0.2, 0.25) is 0 Å². The van der Waals surface area contributed by atoms with Crippen molar-refractivity contribution in [3.63, 3.8) is 0 Å². The van der Waals surface area contributed by atoms with Crippen molar-refractivity contribution in [1.82, 2.24) is 14.8 Å². The van der Waals surface area contributed by atoms with Crippen LogP contribution in [0.25, 0.3) is 0 Å². The molecule has 3 heterocycles. The van der Waals surface area contributed by atoms with Gasteiger partial charge in [0.15, 0.2) is 0 Å². The first kappa shape index (κ1) is 18.0. The number of hydrogen-bond donors (Lipinski definition) is 1. The molecule has 1 atom stereocenters. The maximum Gasteiger partial charge on any atom is 0.407 e. The molecule has 0 spiro atoms. The van der Waals surface area contributed by atoms with Crippen LogP contribution in [0.5, 0.6) is 0 Å². The molecule has 1 aromatic rings. The third-order valence-electron chi connectivity index (χ3n) is 5.91. The molecule has 0 aromatic heterocycles. The number of hydrazone groups is 1. The van der Waals surface area contributed by atoms with E-state index in [0.29, 0.717) is 25.9 Å². The molecule has 7 heteroatoms. The molecule has 144 valence electrons. The lowest BCUT2D eigenvalue weighted by atomic mass is 9.97. The third kappa shape index (κ3) is 3.83. The second kappa shape index (κ2) is 7.68. The van der Waals surface area contributed by atoms with Crippen LogP contribution in [0.1, 0.15) is 31.2 Å². The summed E-state index contributed by atoms with van der Waals surface area (Å²) in [4.78, 5) is 27.9. The number of rotatable bonds is 3. The van der Waals surface area contributed by atoms with Gasteiger partial charge in [-0.2, -0.15) is 5.10 Å². The topological polar surface area (TPSA) is 76.5 Å². The third-order valence-corrected chi connectivity index (χ3v) is 5.91. The van der Waals surface area contributed by atoms with Crippen molar-refractivity contribution in [3.8, 4) is 0 Å². The minimum absolute atomic E-state index is 0.0683. The SMILES string of the molecule is O=C(O)N1CCC2=NN(C3CCN(Cc4ccccc4)CC3)C(=O)C2CC1. The van der Waals surface area contributed by atoms with Crippen molar-refractivity contribution < 1.29 is 14.7 Å². The van der Waals surface area contributed by atoms with E-state index in [1.54, 1.807) is 5.01 Å². The highest BCUT2D eigenvalue weighted by atomic mass is 16.4. The Morgan fingerprint density at radius 2 is 1.81 bits per heavy atom. The van der Waals surface area contributed by atoms with Crippen LogP contribution >= 0.6 is 0 Å². The van der Waals surface area contributed by atoms with E-state index < -0.39 is 6.09 Å². The van der Waals surface area contributed by atoms with Crippen LogP contribution in [0, 0.1) is 5.92 Å². The number of hydrogen-bond acceptors (Lipinski definition) is 4. The maximum absolute atomic E-state index is 12.9. The van der Waals surface area contributed by atoms with Gasteiger partial charge in [0.25, 0.3) is 5.91 Å². The second-order valence-corrected chi connectivity index (χ2v) is 7.63. The number of carbonyl (C=O) groups excluding carboxylic acids is 1. The van der Waals surface area contributed by atoms with Gasteiger partial charge in [0.2, 0.25) is 0 Å². The zero-order chi connectivity index (χ0) is 18.8. The summed E-state index contributed by atoms with van der Waals surface area (Å²) in [7, 11) is 0. The highest BCUT2D eigenvalue weighted by Gasteiger charge is 2.41. The number of fused-ring (bicyclic) bond motifs is 1.